The van der Waals surface area contributed by atoms with Gasteiger partial charge in [-0.2, -0.15) is 0 Å². The van der Waals surface area contributed by atoms with Crippen molar-refractivity contribution in [2.24, 2.45) is 5.73 Å². The summed E-state index contributed by atoms with van der Waals surface area (Å²) in [5, 5.41) is 3.24. The SMILES string of the molecule is Cc1ccc(OCCC(NC2CC2)C(N)=O)cc1C. The van der Waals surface area contributed by atoms with Crippen molar-refractivity contribution >= 4 is 5.91 Å². The zero-order valence-electron chi connectivity index (χ0n) is 11.6. The minimum absolute atomic E-state index is 0.279. The summed E-state index contributed by atoms with van der Waals surface area (Å²) in [6.45, 7) is 4.63. The van der Waals surface area contributed by atoms with Crippen LogP contribution in [0.1, 0.15) is 30.4 Å². The predicted molar refractivity (Wildman–Crippen MR) is 75.2 cm³/mol. The van der Waals surface area contributed by atoms with Crippen molar-refractivity contribution in [3.63, 3.8) is 0 Å². The Morgan fingerprint density at radius 3 is 2.74 bits per heavy atom. The Bertz CT molecular complexity index is 455. The van der Waals surface area contributed by atoms with Crippen molar-refractivity contribution in [3.05, 3.63) is 29.3 Å². The van der Waals surface area contributed by atoms with E-state index in [0.717, 1.165) is 18.6 Å². The van der Waals surface area contributed by atoms with Crippen LogP contribution >= 0.6 is 0 Å². The normalized spacial score (nSPS) is 16.1. The number of hydrogen-bond acceptors (Lipinski definition) is 3. The maximum atomic E-state index is 11.3. The lowest BCUT2D eigenvalue weighted by Crippen LogP contribution is -2.43. The molecule has 1 saturated carbocycles. The second kappa shape index (κ2) is 6.06. The number of benzene rings is 1. The Hall–Kier alpha value is -1.55. The van der Waals surface area contributed by atoms with E-state index in [1.807, 2.05) is 18.2 Å². The fourth-order valence-electron chi connectivity index (χ4n) is 1.94. The van der Waals surface area contributed by atoms with Gasteiger partial charge >= 0.3 is 0 Å². The Kier molecular flexibility index (Phi) is 4.43. The molecule has 2 rings (SSSR count). The van der Waals surface area contributed by atoms with Gasteiger partial charge in [0.2, 0.25) is 5.91 Å². The molecule has 0 aromatic heterocycles. The monoisotopic (exact) mass is 262 g/mol. The first-order chi connectivity index (χ1) is 9.06. The standard InChI is InChI=1S/C15H22N2O2/c1-10-3-6-13(9-11(10)2)19-8-7-14(15(16)18)17-12-4-5-12/h3,6,9,12,14,17H,4-5,7-8H2,1-2H3,(H2,16,18). The molecule has 0 spiro atoms. The van der Waals surface area contributed by atoms with Gasteiger partial charge < -0.3 is 15.8 Å². The first-order valence-electron chi connectivity index (χ1n) is 6.81. The molecule has 0 heterocycles. The number of primary amides is 1. The Balaban J connectivity index is 1.80. The van der Waals surface area contributed by atoms with Crippen LogP contribution in [0.25, 0.3) is 0 Å². The molecule has 1 atom stereocenters. The molecule has 3 N–H and O–H groups in total. The van der Waals surface area contributed by atoms with Gasteiger partial charge in [0.25, 0.3) is 0 Å². The van der Waals surface area contributed by atoms with E-state index in [1.54, 1.807) is 0 Å². The second-order valence-electron chi connectivity index (χ2n) is 5.28. The van der Waals surface area contributed by atoms with Crippen molar-refractivity contribution < 1.29 is 9.53 Å². The van der Waals surface area contributed by atoms with Crippen LogP contribution in [-0.2, 0) is 4.79 Å². The number of nitrogens with one attached hydrogen (secondary N) is 1. The number of rotatable bonds is 7. The zero-order valence-corrected chi connectivity index (χ0v) is 11.6. The van der Waals surface area contributed by atoms with E-state index in [2.05, 4.69) is 19.2 Å². The molecule has 1 aromatic rings. The van der Waals surface area contributed by atoms with Crippen LogP contribution in [0, 0.1) is 13.8 Å². The van der Waals surface area contributed by atoms with Crippen LogP contribution in [0.4, 0.5) is 0 Å². The number of aryl methyl sites for hydroxylation is 2. The van der Waals surface area contributed by atoms with Gasteiger partial charge in [0.15, 0.2) is 0 Å². The minimum Gasteiger partial charge on any atom is -0.494 e. The van der Waals surface area contributed by atoms with E-state index in [0.29, 0.717) is 19.1 Å². The van der Waals surface area contributed by atoms with E-state index in [4.69, 9.17) is 10.5 Å². The molecule has 1 aromatic carbocycles. The molecule has 0 saturated heterocycles. The van der Waals surface area contributed by atoms with Gasteiger partial charge in [0.05, 0.1) is 12.6 Å². The van der Waals surface area contributed by atoms with Gasteiger partial charge in [-0.3, -0.25) is 4.79 Å². The van der Waals surface area contributed by atoms with Crippen molar-refractivity contribution in [2.45, 2.75) is 45.2 Å². The molecule has 1 fully saturated rings. The Labute approximate surface area is 114 Å². The zero-order chi connectivity index (χ0) is 13.8. The van der Waals surface area contributed by atoms with E-state index >= 15 is 0 Å². The Morgan fingerprint density at radius 1 is 1.42 bits per heavy atom. The lowest BCUT2D eigenvalue weighted by molar-refractivity contribution is -0.120. The fourth-order valence-corrected chi connectivity index (χ4v) is 1.94. The average molecular weight is 262 g/mol. The smallest absolute Gasteiger partial charge is 0.234 e. The third kappa shape index (κ3) is 4.24. The molecule has 1 aliphatic carbocycles. The average Bonchev–Trinajstić information content (AvgIpc) is 3.16. The van der Waals surface area contributed by atoms with Crippen LogP contribution < -0.4 is 15.8 Å². The molecule has 1 amide bonds. The van der Waals surface area contributed by atoms with E-state index in [1.165, 1.54) is 11.1 Å². The van der Waals surface area contributed by atoms with Gasteiger partial charge in [-0.25, -0.2) is 0 Å². The number of carbonyl (C=O) groups is 1. The Morgan fingerprint density at radius 2 is 2.16 bits per heavy atom. The van der Waals surface area contributed by atoms with Crippen molar-refractivity contribution in [1.82, 2.24) is 5.32 Å². The summed E-state index contributed by atoms with van der Waals surface area (Å²) < 4.78 is 5.68. The third-order valence-corrected chi connectivity index (χ3v) is 3.51. The molecule has 0 radical (unpaired) electrons. The summed E-state index contributed by atoms with van der Waals surface area (Å²) in [6, 6.07) is 6.20. The van der Waals surface area contributed by atoms with Gasteiger partial charge in [-0.1, -0.05) is 6.07 Å². The van der Waals surface area contributed by atoms with Crippen LogP contribution in [0.3, 0.4) is 0 Å². The molecule has 19 heavy (non-hydrogen) atoms. The molecule has 1 unspecified atom stereocenters. The molecule has 4 heteroatoms. The second-order valence-corrected chi connectivity index (χ2v) is 5.28. The topological polar surface area (TPSA) is 64.3 Å². The highest BCUT2D eigenvalue weighted by Crippen LogP contribution is 2.20. The summed E-state index contributed by atoms with van der Waals surface area (Å²) in [7, 11) is 0. The van der Waals surface area contributed by atoms with Gasteiger partial charge in [-0.05, 0) is 49.9 Å². The van der Waals surface area contributed by atoms with Crippen molar-refractivity contribution in [1.29, 1.82) is 0 Å². The number of carbonyl (C=O) groups excluding carboxylic acids is 1. The van der Waals surface area contributed by atoms with Crippen LogP contribution in [0.15, 0.2) is 18.2 Å². The predicted octanol–water partition coefficient (Wildman–Crippen LogP) is 1.68. The fraction of sp³-hybridized carbons (Fsp3) is 0.533. The van der Waals surface area contributed by atoms with Gasteiger partial charge in [0, 0.05) is 12.5 Å². The van der Waals surface area contributed by atoms with E-state index in [9.17, 15) is 4.79 Å². The number of hydrogen-bond donors (Lipinski definition) is 2. The molecule has 104 valence electrons. The minimum atomic E-state index is -0.296. The van der Waals surface area contributed by atoms with E-state index < -0.39 is 0 Å². The molecule has 1 aliphatic rings. The van der Waals surface area contributed by atoms with Crippen LogP contribution in [0.5, 0.6) is 5.75 Å². The first-order valence-corrected chi connectivity index (χ1v) is 6.81. The molecule has 4 nitrogen and oxygen atoms in total. The largest absolute Gasteiger partial charge is 0.494 e. The van der Waals surface area contributed by atoms with Gasteiger partial charge in [0.1, 0.15) is 5.75 Å². The maximum Gasteiger partial charge on any atom is 0.234 e. The molecule has 0 bridgehead atoms. The molecular formula is C15H22N2O2. The molecular weight excluding hydrogens is 240 g/mol. The van der Waals surface area contributed by atoms with Crippen molar-refractivity contribution in [3.8, 4) is 5.75 Å². The summed E-state index contributed by atoms with van der Waals surface area (Å²) in [6.07, 6.45) is 2.89. The lowest BCUT2D eigenvalue weighted by Gasteiger charge is -2.15. The molecule has 0 aliphatic heterocycles. The summed E-state index contributed by atoms with van der Waals surface area (Å²) in [5.74, 6) is 0.549. The number of nitrogens with two attached hydrogens (primary N) is 1. The highest BCUT2D eigenvalue weighted by Gasteiger charge is 2.26. The van der Waals surface area contributed by atoms with Crippen LogP contribution in [-0.4, -0.2) is 24.6 Å². The van der Waals surface area contributed by atoms with Gasteiger partial charge in [-0.15, -0.1) is 0 Å². The van der Waals surface area contributed by atoms with Crippen LogP contribution in [0.2, 0.25) is 0 Å². The maximum absolute atomic E-state index is 11.3. The number of ether oxygens (including phenoxy) is 1. The summed E-state index contributed by atoms with van der Waals surface area (Å²) >= 11 is 0. The highest BCUT2D eigenvalue weighted by molar-refractivity contribution is 5.79. The summed E-state index contributed by atoms with van der Waals surface area (Å²) in [5.41, 5.74) is 7.84. The summed E-state index contributed by atoms with van der Waals surface area (Å²) in [4.78, 5) is 11.3. The number of amides is 1. The highest BCUT2D eigenvalue weighted by atomic mass is 16.5. The lowest BCUT2D eigenvalue weighted by atomic mass is 10.1. The third-order valence-electron chi connectivity index (χ3n) is 3.51. The quantitative estimate of drug-likeness (QED) is 0.785. The first kappa shape index (κ1) is 13.9. The van der Waals surface area contributed by atoms with E-state index in [-0.39, 0.29) is 11.9 Å². The van der Waals surface area contributed by atoms with Crippen molar-refractivity contribution in [2.75, 3.05) is 6.61 Å².